The van der Waals surface area contributed by atoms with E-state index in [9.17, 15) is 13.2 Å². The van der Waals surface area contributed by atoms with E-state index in [4.69, 9.17) is 11.6 Å². The first-order chi connectivity index (χ1) is 14.8. The molecule has 2 aromatic heterocycles. The average molecular weight is 442 g/mol. The molecule has 5 nitrogen and oxygen atoms in total. The molecule has 0 aliphatic heterocycles. The van der Waals surface area contributed by atoms with E-state index < -0.39 is 11.6 Å². The second kappa shape index (κ2) is 6.86. The summed E-state index contributed by atoms with van der Waals surface area (Å²) in [6.45, 7) is 0. The summed E-state index contributed by atoms with van der Waals surface area (Å²) in [5.41, 5.74) is 0.179. The smallest absolute Gasteiger partial charge is 0.329 e. The first-order valence-electron chi connectivity index (χ1n) is 9.52. The van der Waals surface area contributed by atoms with Gasteiger partial charge in [-0.1, -0.05) is 30.0 Å². The average Bonchev–Trinajstić information content (AvgIpc) is 3.48. The summed E-state index contributed by atoms with van der Waals surface area (Å²) in [5.74, 6) is 6.12. The van der Waals surface area contributed by atoms with Crippen molar-refractivity contribution in [3.05, 3.63) is 59.4 Å². The molecule has 0 N–H and O–H groups in total. The third kappa shape index (κ3) is 3.26. The van der Waals surface area contributed by atoms with Crippen LogP contribution < -0.4 is 4.90 Å². The highest BCUT2D eigenvalue weighted by Crippen LogP contribution is 2.57. The molecule has 0 spiro atoms. The van der Waals surface area contributed by atoms with Crippen LogP contribution in [-0.2, 0) is 0 Å². The zero-order valence-corrected chi connectivity index (χ0v) is 17.0. The summed E-state index contributed by atoms with van der Waals surface area (Å²) in [5, 5.41) is 8.95. The predicted molar refractivity (Wildman–Crippen MR) is 112 cm³/mol. The van der Waals surface area contributed by atoms with Gasteiger partial charge >= 0.3 is 6.18 Å². The van der Waals surface area contributed by atoms with Gasteiger partial charge in [0.05, 0.1) is 5.52 Å². The van der Waals surface area contributed by atoms with Gasteiger partial charge in [0.1, 0.15) is 11.2 Å². The van der Waals surface area contributed by atoms with E-state index >= 15 is 0 Å². The lowest BCUT2D eigenvalue weighted by atomic mass is 10.1. The molecule has 2 aromatic carbocycles. The van der Waals surface area contributed by atoms with Crippen molar-refractivity contribution < 1.29 is 13.2 Å². The van der Waals surface area contributed by atoms with Crippen molar-refractivity contribution in [3.63, 3.8) is 0 Å². The highest BCUT2D eigenvalue weighted by molar-refractivity contribution is 6.29. The summed E-state index contributed by atoms with van der Waals surface area (Å²) < 4.78 is 41.1. The highest BCUT2D eigenvalue weighted by Gasteiger charge is 2.62. The quantitative estimate of drug-likeness (QED) is 0.391. The van der Waals surface area contributed by atoms with Crippen molar-refractivity contribution in [3.8, 4) is 11.8 Å². The fraction of sp³-hybridized carbons (Fsp3) is 0.227. The number of nitrogens with zero attached hydrogens (tertiary/aromatic N) is 5. The summed E-state index contributed by atoms with van der Waals surface area (Å²) in [6.07, 6.45) is -4.19. The van der Waals surface area contributed by atoms with Crippen LogP contribution in [0.25, 0.3) is 16.7 Å². The van der Waals surface area contributed by atoms with Gasteiger partial charge in [0.2, 0.25) is 5.28 Å². The lowest BCUT2D eigenvalue weighted by Gasteiger charge is -2.20. The molecular weight excluding hydrogens is 427 g/mol. The largest absolute Gasteiger partial charge is 0.405 e. The Labute approximate surface area is 180 Å². The number of hydrogen-bond donors (Lipinski definition) is 0. The van der Waals surface area contributed by atoms with Crippen LogP contribution in [0.1, 0.15) is 18.4 Å². The maximum Gasteiger partial charge on any atom is 0.405 e. The number of para-hydroxylation sites is 1. The maximum atomic E-state index is 13.2. The second-order valence-electron chi connectivity index (χ2n) is 7.50. The third-order valence-electron chi connectivity index (χ3n) is 5.49. The lowest BCUT2D eigenvalue weighted by molar-refractivity contribution is -0.168. The van der Waals surface area contributed by atoms with Crippen LogP contribution in [0, 0.1) is 17.3 Å². The van der Waals surface area contributed by atoms with Gasteiger partial charge < -0.3 is 4.90 Å². The monoisotopic (exact) mass is 441 g/mol. The molecular formula is C22H15ClF3N5. The SMILES string of the molecule is CN(c1cccc(C#CC2(C(F)(F)F)CC2)c1)c1nc2nnc(Cl)n2c2ccccc12. The Hall–Kier alpha value is -3.31. The number of aromatic nitrogens is 4. The van der Waals surface area contributed by atoms with Crippen molar-refractivity contribution in [2.45, 2.75) is 19.0 Å². The molecule has 0 atom stereocenters. The van der Waals surface area contributed by atoms with E-state index in [0.717, 1.165) is 16.6 Å². The molecule has 1 aliphatic carbocycles. The van der Waals surface area contributed by atoms with Crippen molar-refractivity contribution in [1.29, 1.82) is 0 Å². The van der Waals surface area contributed by atoms with E-state index in [1.807, 2.05) is 42.3 Å². The van der Waals surface area contributed by atoms with Crippen LogP contribution in [0.2, 0.25) is 5.28 Å². The minimum atomic E-state index is -4.30. The number of alkyl halides is 3. The lowest BCUT2D eigenvalue weighted by Crippen LogP contribution is -2.22. The number of anilines is 2. The van der Waals surface area contributed by atoms with Gasteiger partial charge in [-0.3, -0.25) is 0 Å². The minimum absolute atomic E-state index is 0.0555. The Bertz CT molecular complexity index is 1380. The Balaban J connectivity index is 1.57. The van der Waals surface area contributed by atoms with Crippen LogP contribution in [-0.4, -0.2) is 32.8 Å². The molecule has 5 rings (SSSR count). The number of halogens is 4. The molecule has 0 amide bonds. The first-order valence-corrected chi connectivity index (χ1v) is 9.90. The molecule has 1 fully saturated rings. The van der Waals surface area contributed by atoms with Gasteiger partial charge in [-0.25, -0.2) is 4.40 Å². The van der Waals surface area contributed by atoms with E-state index in [0.29, 0.717) is 17.2 Å². The molecule has 1 saturated carbocycles. The van der Waals surface area contributed by atoms with Crippen molar-refractivity contribution >= 4 is 39.8 Å². The molecule has 156 valence electrons. The van der Waals surface area contributed by atoms with Crippen LogP contribution in [0.4, 0.5) is 24.7 Å². The van der Waals surface area contributed by atoms with Crippen LogP contribution >= 0.6 is 11.6 Å². The third-order valence-corrected chi connectivity index (χ3v) is 5.73. The molecule has 4 aromatic rings. The standard InChI is InChI=1S/C22H15ClF3N5/c1-30(15-6-4-5-14(13-15)9-10-21(11-12-21)22(24,25)26)18-16-7-2-3-8-17(16)31-19(23)28-29-20(31)27-18/h2-8,13H,11-12H2,1H3. The van der Waals surface area contributed by atoms with Gasteiger partial charge in [0.15, 0.2) is 0 Å². The van der Waals surface area contributed by atoms with Gasteiger partial charge in [-0.2, -0.15) is 18.2 Å². The number of fused-ring (bicyclic) bond motifs is 3. The number of benzene rings is 2. The molecule has 0 unspecified atom stereocenters. The van der Waals surface area contributed by atoms with Crippen LogP contribution in [0.3, 0.4) is 0 Å². The summed E-state index contributed by atoms with van der Waals surface area (Å²) >= 11 is 6.17. The molecule has 9 heteroatoms. The van der Waals surface area contributed by atoms with E-state index in [1.54, 1.807) is 22.6 Å². The first kappa shape index (κ1) is 19.6. The van der Waals surface area contributed by atoms with Crippen LogP contribution in [0.15, 0.2) is 48.5 Å². The maximum absolute atomic E-state index is 13.2. The van der Waals surface area contributed by atoms with Crippen molar-refractivity contribution in [1.82, 2.24) is 19.6 Å². The zero-order chi connectivity index (χ0) is 21.8. The fourth-order valence-electron chi connectivity index (χ4n) is 3.52. The van der Waals surface area contributed by atoms with Gasteiger partial charge in [-0.15, -0.1) is 10.2 Å². The highest BCUT2D eigenvalue weighted by atomic mass is 35.5. The normalized spacial score (nSPS) is 15.0. The molecule has 1 aliphatic rings. The van der Waals surface area contributed by atoms with Gasteiger partial charge in [0.25, 0.3) is 5.78 Å². The Morgan fingerprint density at radius 1 is 1.10 bits per heavy atom. The fourth-order valence-corrected chi connectivity index (χ4v) is 3.72. The molecule has 31 heavy (non-hydrogen) atoms. The predicted octanol–water partition coefficient (Wildman–Crippen LogP) is 5.39. The summed E-state index contributed by atoms with van der Waals surface area (Å²) in [7, 11) is 1.83. The van der Waals surface area contributed by atoms with Gasteiger partial charge in [-0.05, 0) is 54.8 Å². The van der Waals surface area contributed by atoms with Crippen molar-refractivity contribution in [2.24, 2.45) is 5.41 Å². The number of hydrogen-bond acceptors (Lipinski definition) is 4. The minimum Gasteiger partial charge on any atom is -0.329 e. The van der Waals surface area contributed by atoms with E-state index in [1.165, 1.54) is 0 Å². The van der Waals surface area contributed by atoms with E-state index in [2.05, 4.69) is 27.0 Å². The Morgan fingerprint density at radius 3 is 2.61 bits per heavy atom. The van der Waals surface area contributed by atoms with Gasteiger partial charge in [0, 0.05) is 23.7 Å². The van der Waals surface area contributed by atoms with Crippen molar-refractivity contribution in [2.75, 3.05) is 11.9 Å². The molecule has 0 bridgehead atoms. The number of rotatable bonds is 2. The molecule has 0 radical (unpaired) electrons. The summed E-state index contributed by atoms with van der Waals surface area (Å²) in [6, 6.07) is 14.6. The second-order valence-corrected chi connectivity index (χ2v) is 7.83. The van der Waals surface area contributed by atoms with E-state index in [-0.39, 0.29) is 18.1 Å². The summed E-state index contributed by atoms with van der Waals surface area (Å²) in [4.78, 5) is 6.44. The molecule has 2 heterocycles. The Kier molecular flexibility index (Phi) is 4.34. The zero-order valence-electron chi connectivity index (χ0n) is 16.3. The van der Waals surface area contributed by atoms with Crippen LogP contribution in [0.5, 0.6) is 0 Å². The topological polar surface area (TPSA) is 46.3 Å². The Morgan fingerprint density at radius 2 is 1.87 bits per heavy atom. The molecule has 0 saturated heterocycles.